The van der Waals surface area contributed by atoms with Crippen molar-refractivity contribution in [2.75, 3.05) is 13.1 Å². The first kappa shape index (κ1) is 18.1. The van der Waals surface area contributed by atoms with E-state index in [-0.39, 0.29) is 6.54 Å². The van der Waals surface area contributed by atoms with Crippen LogP contribution in [0.3, 0.4) is 0 Å². The predicted molar refractivity (Wildman–Crippen MR) is 91.4 cm³/mol. The van der Waals surface area contributed by atoms with Gasteiger partial charge in [-0.05, 0) is 30.5 Å². The summed E-state index contributed by atoms with van der Waals surface area (Å²) in [5.41, 5.74) is 0.485. The molecule has 7 nitrogen and oxygen atoms in total. The number of likely N-dealkylation sites (tertiary alicyclic amines) is 1. The first-order chi connectivity index (χ1) is 12.5. The van der Waals surface area contributed by atoms with E-state index in [1.165, 1.54) is 23.1 Å². The summed E-state index contributed by atoms with van der Waals surface area (Å²) in [5.74, 6) is -1.48. The number of nitrogens with one attached hydrogen (secondary N) is 1. The van der Waals surface area contributed by atoms with Crippen LogP contribution in [-0.4, -0.2) is 50.6 Å². The first-order valence-corrected chi connectivity index (χ1v) is 8.46. The van der Waals surface area contributed by atoms with E-state index in [4.69, 9.17) is 0 Å². The molecule has 3 rings (SSSR count). The number of benzene rings is 1. The van der Waals surface area contributed by atoms with Crippen molar-refractivity contribution in [2.24, 2.45) is 7.05 Å². The molecule has 1 aromatic heterocycles. The molecule has 138 valence electrons. The lowest BCUT2D eigenvalue weighted by atomic mass is 10.1. The number of rotatable bonds is 3. The number of piperidine rings is 1. The van der Waals surface area contributed by atoms with E-state index < -0.39 is 29.8 Å². The van der Waals surface area contributed by atoms with E-state index in [1.807, 2.05) is 0 Å². The molecule has 26 heavy (non-hydrogen) atoms. The minimum atomic E-state index is -0.809. The molecule has 1 saturated heterocycles. The Balaban J connectivity index is 1.83. The van der Waals surface area contributed by atoms with Gasteiger partial charge in [-0.2, -0.15) is 0 Å². The van der Waals surface area contributed by atoms with Gasteiger partial charge in [0.25, 0.3) is 0 Å². The molecule has 0 radical (unpaired) electrons. The van der Waals surface area contributed by atoms with Gasteiger partial charge in [-0.1, -0.05) is 12.1 Å². The zero-order chi connectivity index (χ0) is 18.7. The largest absolute Gasteiger partial charge is 0.391 e. The number of imidazole rings is 1. The van der Waals surface area contributed by atoms with Gasteiger partial charge in [-0.25, -0.2) is 9.37 Å². The zero-order valence-corrected chi connectivity index (χ0v) is 14.4. The van der Waals surface area contributed by atoms with Crippen LogP contribution in [-0.2, 0) is 16.6 Å². The van der Waals surface area contributed by atoms with Gasteiger partial charge in [-0.3, -0.25) is 9.59 Å². The second-order valence-corrected chi connectivity index (χ2v) is 6.41. The quantitative estimate of drug-likeness (QED) is 0.791. The van der Waals surface area contributed by atoms with Gasteiger partial charge < -0.3 is 19.9 Å². The molecule has 0 bridgehead atoms. The van der Waals surface area contributed by atoms with Gasteiger partial charge in [0.15, 0.2) is 0 Å². The lowest BCUT2D eigenvalue weighted by Crippen LogP contribution is -2.49. The molecule has 2 N–H and O–H groups in total. The summed E-state index contributed by atoms with van der Waals surface area (Å²) < 4.78 is 15.4. The second-order valence-electron chi connectivity index (χ2n) is 6.41. The summed E-state index contributed by atoms with van der Waals surface area (Å²) in [5, 5.41) is 12.4. The van der Waals surface area contributed by atoms with Gasteiger partial charge in [0.05, 0.1) is 6.10 Å². The molecule has 8 heteroatoms. The Morgan fingerprint density at radius 2 is 2.23 bits per heavy atom. The topological polar surface area (TPSA) is 87.5 Å². The Kier molecular flexibility index (Phi) is 5.32. The third-order valence-corrected chi connectivity index (χ3v) is 4.45. The first-order valence-electron chi connectivity index (χ1n) is 8.46. The van der Waals surface area contributed by atoms with Crippen molar-refractivity contribution in [3.05, 3.63) is 53.9 Å². The number of aryl methyl sites for hydroxylation is 1. The highest BCUT2D eigenvalue weighted by molar-refractivity contribution is 6.35. The number of aliphatic hydroxyl groups is 1. The zero-order valence-electron chi connectivity index (χ0n) is 14.4. The van der Waals surface area contributed by atoms with Gasteiger partial charge in [0.2, 0.25) is 0 Å². The second kappa shape index (κ2) is 7.65. The molecule has 0 saturated carbocycles. The smallest absolute Gasteiger partial charge is 0.311 e. The highest BCUT2D eigenvalue weighted by Gasteiger charge is 2.30. The standard InChI is InChI=1S/C18H21FN4O3/c1-22-9-7-20-16(22)15(12-4-2-5-13(19)10-12)21-17(25)18(26)23-8-3-6-14(24)11-23/h2,4-5,7,9-10,14-15,24H,3,6,8,11H2,1H3,(H,21,25)/t14-,15-/m1/s1. The normalized spacial score (nSPS) is 18.4. The van der Waals surface area contributed by atoms with Crippen LogP contribution >= 0.6 is 0 Å². The van der Waals surface area contributed by atoms with Crippen molar-refractivity contribution in [3.63, 3.8) is 0 Å². The minimum Gasteiger partial charge on any atom is -0.391 e. The fourth-order valence-corrected chi connectivity index (χ4v) is 3.11. The third-order valence-electron chi connectivity index (χ3n) is 4.45. The van der Waals surface area contributed by atoms with Crippen LogP contribution in [0.4, 0.5) is 4.39 Å². The summed E-state index contributed by atoms with van der Waals surface area (Å²) in [6.07, 6.45) is 3.92. The maximum Gasteiger partial charge on any atom is 0.311 e. The van der Waals surface area contributed by atoms with Crippen LogP contribution in [0.25, 0.3) is 0 Å². The maximum atomic E-state index is 13.7. The SMILES string of the molecule is Cn1ccnc1[C@H](NC(=O)C(=O)N1CCC[C@@H](O)C1)c1cccc(F)c1. The van der Waals surface area contributed by atoms with Crippen LogP contribution < -0.4 is 5.32 Å². The van der Waals surface area contributed by atoms with Crippen molar-refractivity contribution in [2.45, 2.75) is 25.0 Å². The number of carbonyl (C=O) groups excluding carboxylic acids is 2. The molecular formula is C18H21FN4O3. The fraction of sp³-hybridized carbons (Fsp3) is 0.389. The fourth-order valence-electron chi connectivity index (χ4n) is 3.11. The van der Waals surface area contributed by atoms with Gasteiger partial charge >= 0.3 is 11.8 Å². The summed E-state index contributed by atoms with van der Waals surface area (Å²) >= 11 is 0. The Labute approximate surface area is 150 Å². The molecule has 2 aromatic rings. The number of aliphatic hydroxyl groups excluding tert-OH is 1. The Hall–Kier alpha value is -2.74. The number of amides is 2. The average molecular weight is 360 g/mol. The Morgan fingerprint density at radius 1 is 1.42 bits per heavy atom. The van der Waals surface area contributed by atoms with E-state index in [1.54, 1.807) is 30.1 Å². The third kappa shape index (κ3) is 3.91. The lowest BCUT2D eigenvalue weighted by Gasteiger charge is -2.30. The van der Waals surface area contributed by atoms with Crippen LogP contribution in [0.2, 0.25) is 0 Å². The monoisotopic (exact) mass is 360 g/mol. The maximum absolute atomic E-state index is 13.7. The Morgan fingerprint density at radius 3 is 2.88 bits per heavy atom. The number of nitrogens with zero attached hydrogens (tertiary/aromatic N) is 3. The summed E-state index contributed by atoms with van der Waals surface area (Å²) in [7, 11) is 1.75. The van der Waals surface area contributed by atoms with Crippen molar-refractivity contribution in [3.8, 4) is 0 Å². The minimum absolute atomic E-state index is 0.138. The number of carbonyl (C=O) groups is 2. The van der Waals surface area contributed by atoms with Crippen molar-refractivity contribution < 1.29 is 19.1 Å². The van der Waals surface area contributed by atoms with Crippen molar-refractivity contribution in [1.29, 1.82) is 0 Å². The van der Waals surface area contributed by atoms with Gasteiger partial charge in [-0.15, -0.1) is 0 Å². The summed E-state index contributed by atoms with van der Waals surface area (Å²) in [6.45, 7) is 0.565. The van der Waals surface area contributed by atoms with E-state index in [0.29, 0.717) is 30.8 Å². The lowest BCUT2D eigenvalue weighted by molar-refractivity contribution is -0.148. The molecule has 2 atom stereocenters. The molecule has 1 aliphatic rings. The van der Waals surface area contributed by atoms with Gasteiger partial charge in [0.1, 0.15) is 17.7 Å². The number of hydrogen-bond donors (Lipinski definition) is 2. The molecular weight excluding hydrogens is 339 g/mol. The Bertz CT molecular complexity index is 807. The van der Waals surface area contributed by atoms with E-state index in [2.05, 4.69) is 10.3 Å². The number of hydrogen-bond acceptors (Lipinski definition) is 4. The van der Waals surface area contributed by atoms with Gasteiger partial charge in [0, 0.05) is 32.5 Å². The van der Waals surface area contributed by atoms with Crippen LogP contribution in [0, 0.1) is 5.82 Å². The van der Waals surface area contributed by atoms with Crippen LogP contribution in [0.1, 0.15) is 30.3 Å². The average Bonchev–Trinajstić information content (AvgIpc) is 3.04. The molecule has 2 heterocycles. The highest BCUT2D eigenvalue weighted by atomic mass is 19.1. The number of aromatic nitrogens is 2. The number of halogens is 1. The molecule has 2 amide bonds. The predicted octanol–water partition coefficient (Wildman–Crippen LogP) is 0.748. The van der Waals surface area contributed by atoms with Crippen LogP contribution in [0.5, 0.6) is 0 Å². The van der Waals surface area contributed by atoms with Crippen molar-refractivity contribution in [1.82, 2.24) is 19.8 Å². The molecule has 0 spiro atoms. The molecule has 1 aromatic carbocycles. The molecule has 0 aliphatic carbocycles. The van der Waals surface area contributed by atoms with Crippen LogP contribution in [0.15, 0.2) is 36.7 Å². The number of β-amino-alcohol motifs (C(OH)–C–C–N with tert-alkyl or cyclic N) is 1. The van der Waals surface area contributed by atoms with E-state index in [9.17, 15) is 19.1 Å². The summed E-state index contributed by atoms with van der Waals surface area (Å²) in [4.78, 5) is 30.5. The molecule has 1 aliphatic heterocycles. The van der Waals surface area contributed by atoms with E-state index >= 15 is 0 Å². The van der Waals surface area contributed by atoms with E-state index in [0.717, 1.165) is 0 Å². The molecule has 1 fully saturated rings. The molecule has 0 unspecified atom stereocenters. The summed E-state index contributed by atoms with van der Waals surface area (Å²) in [6, 6.07) is 5.04. The van der Waals surface area contributed by atoms with Crippen molar-refractivity contribution >= 4 is 11.8 Å². The highest BCUT2D eigenvalue weighted by Crippen LogP contribution is 2.21.